The highest BCUT2D eigenvalue weighted by molar-refractivity contribution is 7.90. The van der Waals surface area contributed by atoms with Gasteiger partial charge in [-0.25, -0.2) is 4.39 Å². The maximum atomic E-state index is 13.2. The predicted molar refractivity (Wildman–Crippen MR) is 86.5 cm³/mol. The summed E-state index contributed by atoms with van der Waals surface area (Å²) in [7, 11) is -2.21. The summed E-state index contributed by atoms with van der Waals surface area (Å²) in [5.74, 6) is -0.572. The molecule has 6 nitrogen and oxygen atoms in total. The number of benzene rings is 1. The summed E-state index contributed by atoms with van der Waals surface area (Å²) < 4.78 is 46.4. The fraction of sp³-hybridized carbons (Fsp3) is 0.571. The first-order valence-electron chi connectivity index (χ1n) is 7.40. The summed E-state index contributed by atoms with van der Waals surface area (Å²) in [6.45, 7) is 3.67. The Morgan fingerprint density at radius 1 is 1.26 bits per heavy atom. The van der Waals surface area contributed by atoms with Crippen LogP contribution in [0.4, 0.5) is 10.1 Å². The fourth-order valence-corrected chi connectivity index (χ4v) is 4.25. The van der Waals surface area contributed by atoms with Gasteiger partial charge >= 0.3 is 10.2 Å². The van der Waals surface area contributed by atoms with Crippen LogP contribution >= 0.6 is 11.6 Å². The van der Waals surface area contributed by atoms with E-state index in [1.54, 1.807) is 0 Å². The molecule has 2 heterocycles. The Bertz CT molecular complexity index is 676. The van der Waals surface area contributed by atoms with Gasteiger partial charge in [-0.15, -0.1) is 0 Å². The van der Waals surface area contributed by atoms with E-state index in [0.29, 0.717) is 37.9 Å². The molecule has 9 heteroatoms. The van der Waals surface area contributed by atoms with Crippen molar-refractivity contribution in [3.8, 4) is 0 Å². The summed E-state index contributed by atoms with van der Waals surface area (Å²) in [6, 6.07) is 4.29. The summed E-state index contributed by atoms with van der Waals surface area (Å²) in [4.78, 5) is 2.25. The zero-order chi connectivity index (χ0) is 16.6. The van der Waals surface area contributed by atoms with Crippen LogP contribution < -0.4 is 4.31 Å². The van der Waals surface area contributed by atoms with Crippen molar-refractivity contribution in [2.75, 3.05) is 50.7 Å². The average molecular weight is 364 g/mol. The summed E-state index contributed by atoms with van der Waals surface area (Å²) in [6.07, 6.45) is 0. The molecule has 1 aromatic carbocycles. The minimum Gasteiger partial charge on any atom is -0.378 e. The number of anilines is 1. The second kappa shape index (κ2) is 6.52. The van der Waals surface area contributed by atoms with Crippen molar-refractivity contribution in [1.29, 1.82) is 0 Å². The number of ether oxygens (including phenoxy) is 1. The number of nitrogens with zero attached hydrogens (tertiary/aromatic N) is 3. The molecular formula is C14H19ClFN3O3S. The van der Waals surface area contributed by atoms with Crippen molar-refractivity contribution >= 4 is 27.5 Å². The van der Waals surface area contributed by atoms with Crippen LogP contribution in [0.15, 0.2) is 18.2 Å². The zero-order valence-electron chi connectivity index (χ0n) is 12.8. The summed E-state index contributed by atoms with van der Waals surface area (Å²) >= 11 is 5.74. The molecule has 1 aromatic rings. The van der Waals surface area contributed by atoms with Gasteiger partial charge in [0.05, 0.1) is 30.0 Å². The van der Waals surface area contributed by atoms with E-state index in [4.69, 9.17) is 16.3 Å². The second-order valence-electron chi connectivity index (χ2n) is 5.70. The van der Waals surface area contributed by atoms with Gasteiger partial charge in [0, 0.05) is 33.2 Å². The standard InChI is InChI=1S/C14H19ClFN3O3S/c1-17(11-2-3-14(16)13(15)8-11)23(20,21)19-6-4-18(5-7-19)12-9-22-10-12/h2-3,8,12H,4-7,9-10H2,1H3. The average Bonchev–Trinajstić information content (AvgIpc) is 2.48. The highest BCUT2D eigenvalue weighted by atomic mass is 35.5. The normalized spacial score (nSPS) is 21.2. The number of rotatable bonds is 4. The van der Waals surface area contributed by atoms with E-state index in [2.05, 4.69) is 4.90 Å². The molecule has 23 heavy (non-hydrogen) atoms. The highest BCUT2D eigenvalue weighted by Gasteiger charge is 2.34. The van der Waals surface area contributed by atoms with Crippen LogP contribution in [0, 0.1) is 5.82 Å². The Hall–Kier alpha value is -0.930. The number of halogens is 2. The largest absolute Gasteiger partial charge is 0.378 e. The van der Waals surface area contributed by atoms with Gasteiger partial charge in [0.25, 0.3) is 0 Å². The van der Waals surface area contributed by atoms with Gasteiger partial charge in [-0.3, -0.25) is 9.21 Å². The van der Waals surface area contributed by atoms with Crippen molar-refractivity contribution in [2.24, 2.45) is 0 Å². The van der Waals surface area contributed by atoms with Gasteiger partial charge in [0.2, 0.25) is 0 Å². The lowest BCUT2D eigenvalue weighted by Crippen LogP contribution is -2.58. The maximum Gasteiger partial charge on any atom is 0.303 e. The van der Waals surface area contributed by atoms with Gasteiger partial charge in [0.15, 0.2) is 0 Å². The van der Waals surface area contributed by atoms with Crippen LogP contribution in [0.3, 0.4) is 0 Å². The first kappa shape index (κ1) is 16.9. The Morgan fingerprint density at radius 2 is 1.91 bits per heavy atom. The third kappa shape index (κ3) is 3.32. The smallest absolute Gasteiger partial charge is 0.303 e. The molecule has 2 saturated heterocycles. The molecule has 128 valence electrons. The maximum absolute atomic E-state index is 13.2. The van der Waals surface area contributed by atoms with Crippen molar-refractivity contribution in [3.63, 3.8) is 0 Å². The van der Waals surface area contributed by atoms with Crippen molar-refractivity contribution in [2.45, 2.75) is 6.04 Å². The topological polar surface area (TPSA) is 53.1 Å². The molecule has 0 unspecified atom stereocenters. The van der Waals surface area contributed by atoms with Crippen LogP contribution in [0.5, 0.6) is 0 Å². The van der Waals surface area contributed by atoms with Gasteiger partial charge in [-0.05, 0) is 18.2 Å². The molecule has 0 saturated carbocycles. The molecule has 2 fully saturated rings. The number of hydrogen-bond acceptors (Lipinski definition) is 4. The molecule has 0 radical (unpaired) electrons. The highest BCUT2D eigenvalue weighted by Crippen LogP contribution is 2.25. The third-order valence-corrected chi connectivity index (χ3v) is 6.56. The molecule has 0 aromatic heterocycles. The number of hydrogen-bond donors (Lipinski definition) is 0. The van der Waals surface area contributed by atoms with Crippen molar-refractivity contribution < 1.29 is 17.5 Å². The van der Waals surface area contributed by atoms with Crippen LogP contribution in [-0.2, 0) is 14.9 Å². The lowest BCUT2D eigenvalue weighted by atomic mass is 10.2. The molecule has 0 N–H and O–H groups in total. The van der Waals surface area contributed by atoms with Crippen LogP contribution in [0.1, 0.15) is 0 Å². The van der Waals surface area contributed by atoms with Crippen LogP contribution in [0.25, 0.3) is 0 Å². The molecule has 3 rings (SSSR count). The zero-order valence-corrected chi connectivity index (χ0v) is 14.4. The molecule has 0 bridgehead atoms. The van der Waals surface area contributed by atoms with Gasteiger partial charge in [-0.2, -0.15) is 12.7 Å². The van der Waals surface area contributed by atoms with Gasteiger partial charge < -0.3 is 4.74 Å². The van der Waals surface area contributed by atoms with E-state index >= 15 is 0 Å². The minimum absolute atomic E-state index is 0.0978. The van der Waals surface area contributed by atoms with E-state index in [1.165, 1.54) is 23.5 Å². The molecule has 0 atom stereocenters. The molecule has 2 aliphatic rings. The van der Waals surface area contributed by atoms with Crippen molar-refractivity contribution in [1.82, 2.24) is 9.21 Å². The van der Waals surface area contributed by atoms with E-state index in [9.17, 15) is 12.8 Å². The van der Waals surface area contributed by atoms with E-state index < -0.39 is 16.0 Å². The van der Waals surface area contributed by atoms with Crippen molar-refractivity contribution in [3.05, 3.63) is 29.0 Å². The Balaban J connectivity index is 1.69. The summed E-state index contributed by atoms with van der Waals surface area (Å²) in [5, 5.41) is -0.0978. The summed E-state index contributed by atoms with van der Waals surface area (Å²) in [5.41, 5.74) is 0.339. The molecule has 0 amide bonds. The van der Waals surface area contributed by atoms with Crippen LogP contribution in [-0.4, -0.2) is 70.1 Å². The quantitative estimate of drug-likeness (QED) is 0.806. The number of piperazine rings is 1. The first-order chi connectivity index (χ1) is 10.9. The van der Waals surface area contributed by atoms with Gasteiger partial charge in [0.1, 0.15) is 5.82 Å². The molecular weight excluding hydrogens is 345 g/mol. The first-order valence-corrected chi connectivity index (χ1v) is 9.18. The predicted octanol–water partition coefficient (Wildman–Crippen LogP) is 1.18. The minimum atomic E-state index is -3.65. The monoisotopic (exact) mass is 363 g/mol. The Kier molecular flexibility index (Phi) is 4.80. The molecule has 0 spiro atoms. The lowest BCUT2D eigenvalue weighted by molar-refractivity contribution is -0.0721. The van der Waals surface area contributed by atoms with E-state index in [1.807, 2.05) is 0 Å². The van der Waals surface area contributed by atoms with E-state index in [-0.39, 0.29) is 5.02 Å². The van der Waals surface area contributed by atoms with Crippen LogP contribution in [0.2, 0.25) is 5.02 Å². The second-order valence-corrected chi connectivity index (χ2v) is 8.07. The van der Waals surface area contributed by atoms with E-state index in [0.717, 1.165) is 23.6 Å². The van der Waals surface area contributed by atoms with Gasteiger partial charge in [-0.1, -0.05) is 11.6 Å². The Morgan fingerprint density at radius 3 is 2.43 bits per heavy atom. The lowest BCUT2D eigenvalue weighted by Gasteiger charge is -2.42. The third-order valence-electron chi connectivity index (χ3n) is 4.35. The molecule has 2 aliphatic heterocycles. The SMILES string of the molecule is CN(c1ccc(F)c(Cl)c1)S(=O)(=O)N1CCN(C2COC2)CC1. The molecule has 0 aliphatic carbocycles. The fourth-order valence-electron chi connectivity index (χ4n) is 2.72. The Labute approximate surface area is 140 Å².